The van der Waals surface area contributed by atoms with Crippen molar-refractivity contribution in [2.24, 2.45) is 5.41 Å². The highest BCUT2D eigenvalue weighted by molar-refractivity contribution is 6.00. The summed E-state index contributed by atoms with van der Waals surface area (Å²) in [7, 11) is 0. The van der Waals surface area contributed by atoms with E-state index in [0.717, 1.165) is 5.57 Å². The second kappa shape index (κ2) is 7.43. The molecule has 0 spiro atoms. The highest BCUT2D eigenvalue weighted by atomic mass is 16.6. The van der Waals surface area contributed by atoms with Gasteiger partial charge in [-0.2, -0.15) is 0 Å². The predicted octanol–water partition coefficient (Wildman–Crippen LogP) is 2.24. The lowest BCUT2D eigenvalue weighted by Crippen LogP contribution is -2.43. The van der Waals surface area contributed by atoms with Gasteiger partial charge in [0.25, 0.3) is 0 Å². The van der Waals surface area contributed by atoms with Gasteiger partial charge in [0.2, 0.25) is 0 Å². The first-order valence-electron chi connectivity index (χ1n) is 7.05. The molecule has 0 aromatic rings. The van der Waals surface area contributed by atoms with Crippen molar-refractivity contribution in [1.29, 1.82) is 0 Å². The van der Waals surface area contributed by atoms with E-state index < -0.39 is 17.4 Å². The first-order valence-corrected chi connectivity index (χ1v) is 7.05. The van der Waals surface area contributed by atoms with Gasteiger partial charge in [-0.25, -0.2) is 0 Å². The van der Waals surface area contributed by atoms with Gasteiger partial charge in [0.15, 0.2) is 5.41 Å². The summed E-state index contributed by atoms with van der Waals surface area (Å²) in [5.74, 6) is -1.04. The van der Waals surface area contributed by atoms with Crippen LogP contribution in [0.25, 0.3) is 0 Å². The molecule has 114 valence electrons. The fourth-order valence-electron chi connectivity index (χ4n) is 1.99. The molecule has 1 heterocycles. The standard InChI is InChI=1S/C15H24O5/c1-5-18-13(16)15(8-7-11(3)4,9-12-10-20-12)14(17)19-6-2/h7,12H,5-6,8-10H2,1-4H3/t12-/m0/s1. The third-order valence-corrected chi connectivity index (χ3v) is 3.17. The van der Waals surface area contributed by atoms with Crippen molar-refractivity contribution in [2.75, 3.05) is 19.8 Å². The molecule has 20 heavy (non-hydrogen) atoms. The number of carbonyl (C=O) groups is 2. The zero-order valence-corrected chi connectivity index (χ0v) is 12.7. The van der Waals surface area contributed by atoms with Crippen LogP contribution in [0.4, 0.5) is 0 Å². The Balaban J connectivity index is 3.03. The van der Waals surface area contributed by atoms with Crippen LogP contribution in [0.1, 0.15) is 40.5 Å². The van der Waals surface area contributed by atoms with Gasteiger partial charge in [0, 0.05) is 6.42 Å². The van der Waals surface area contributed by atoms with Gasteiger partial charge in [0.05, 0.1) is 25.9 Å². The largest absolute Gasteiger partial charge is 0.465 e. The van der Waals surface area contributed by atoms with Gasteiger partial charge in [0.1, 0.15) is 0 Å². The maximum Gasteiger partial charge on any atom is 0.323 e. The smallest absolute Gasteiger partial charge is 0.323 e. The minimum Gasteiger partial charge on any atom is -0.465 e. The first-order chi connectivity index (χ1) is 9.46. The lowest BCUT2D eigenvalue weighted by Gasteiger charge is -2.27. The Morgan fingerprint density at radius 2 is 1.70 bits per heavy atom. The Morgan fingerprint density at radius 1 is 1.20 bits per heavy atom. The average Bonchev–Trinajstić information content (AvgIpc) is 3.18. The molecule has 1 atom stereocenters. The van der Waals surface area contributed by atoms with Gasteiger partial charge < -0.3 is 14.2 Å². The molecule has 0 N–H and O–H groups in total. The SMILES string of the molecule is CCOC(=O)C(CC=C(C)C)(C[C@H]1CO1)C(=O)OCC. The molecular weight excluding hydrogens is 260 g/mol. The van der Waals surface area contributed by atoms with Crippen molar-refractivity contribution < 1.29 is 23.8 Å². The number of allylic oxidation sites excluding steroid dienone is 2. The van der Waals surface area contributed by atoms with Crippen LogP contribution in [0.3, 0.4) is 0 Å². The van der Waals surface area contributed by atoms with E-state index in [1.807, 2.05) is 19.9 Å². The molecule has 1 aliphatic heterocycles. The van der Waals surface area contributed by atoms with Gasteiger partial charge in [-0.05, 0) is 34.1 Å². The predicted molar refractivity (Wildman–Crippen MR) is 74.1 cm³/mol. The van der Waals surface area contributed by atoms with Gasteiger partial charge >= 0.3 is 11.9 Å². The van der Waals surface area contributed by atoms with Crippen LogP contribution >= 0.6 is 0 Å². The van der Waals surface area contributed by atoms with Gasteiger partial charge in [-0.1, -0.05) is 11.6 Å². The average molecular weight is 284 g/mol. The maximum absolute atomic E-state index is 12.3. The summed E-state index contributed by atoms with van der Waals surface area (Å²) in [6.45, 7) is 8.35. The first kappa shape index (κ1) is 16.7. The summed E-state index contributed by atoms with van der Waals surface area (Å²) >= 11 is 0. The number of carbonyl (C=O) groups excluding carboxylic acids is 2. The van der Waals surface area contributed by atoms with E-state index >= 15 is 0 Å². The summed E-state index contributed by atoms with van der Waals surface area (Å²) in [5, 5.41) is 0. The summed E-state index contributed by atoms with van der Waals surface area (Å²) < 4.78 is 15.4. The van der Waals surface area contributed by atoms with Crippen molar-refractivity contribution in [1.82, 2.24) is 0 Å². The Bertz CT molecular complexity index is 360. The molecule has 1 rings (SSSR count). The van der Waals surface area contributed by atoms with Crippen molar-refractivity contribution in [3.8, 4) is 0 Å². The Morgan fingerprint density at radius 3 is 2.05 bits per heavy atom. The third-order valence-electron chi connectivity index (χ3n) is 3.17. The van der Waals surface area contributed by atoms with Gasteiger partial charge in [-0.3, -0.25) is 9.59 Å². The van der Waals surface area contributed by atoms with E-state index in [9.17, 15) is 9.59 Å². The number of hydrogen-bond donors (Lipinski definition) is 0. The molecule has 5 heteroatoms. The summed E-state index contributed by atoms with van der Waals surface area (Å²) in [5.41, 5.74) is -0.246. The summed E-state index contributed by atoms with van der Waals surface area (Å²) in [6, 6.07) is 0. The highest BCUT2D eigenvalue weighted by Crippen LogP contribution is 2.37. The van der Waals surface area contributed by atoms with E-state index in [4.69, 9.17) is 14.2 Å². The van der Waals surface area contributed by atoms with Crippen LogP contribution in [0.15, 0.2) is 11.6 Å². The van der Waals surface area contributed by atoms with Crippen LogP contribution in [-0.4, -0.2) is 37.9 Å². The lowest BCUT2D eigenvalue weighted by atomic mass is 9.79. The molecule has 0 aromatic carbocycles. The fraction of sp³-hybridized carbons (Fsp3) is 0.733. The minimum absolute atomic E-state index is 0.0608. The summed E-state index contributed by atoms with van der Waals surface area (Å²) in [4.78, 5) is 24.7. The van der Waals surface area contributed by atoms with Crippen LogP contribution in [0.2, 0.25) is 0 Å². The van der Waals surface area contributed by atoms with E-state index in [2.05, 4.69) is 0 Å². The van der Waals surface area contributed by atoms with Crippen LogP contribution in [0, 0.1) is 5.41 Å². The molecule has 5 nitrogen and oxygen atoms in total. The van der Waals surface area contributed by atoms with Gasteiger partial charge in [-0.15, -0.1) is 0 Å². The highest BCUT2D eigenvalue weighted by Gasteiger charge is 2.51. The number of hydrogen-bond acceptors (Lipinski definition) is 5. The lowest BCUT2D eigenvalue weighted by molar-refractivity contribution is -0.173. The van der Waals surface area contributed by atoms with E-state index in [1.165, 1.54) is 0 Å². The monoisotopic (exact) mass is 284 g/mol. The molecule has 0 bridgehead atoms. The van der Waals surface area contributed by atoms with Crippen molar-refractivity contribution in [2.45, 2.75) is 46.6 Å². The van der Waals surface area contributed by atoms with Crippen LogP contribution in [-0.2, 0) is 23.8 Å². The van der Waals surface area contributed by atoms with Crippen molar-refractivity contribution >= 4 is 11.9 Å². The fourth-order valence-corrected chi connectivity index (χ4v) is 1.99. The van der Waals surface area contributed by atoms with E-state index in [0.29, 0.717) is 13.0 Å². The normalized spacial score (nSPS) is 17.3. The zero-order valence-electron chi connectivity index (χ0n) is 12.7. The molecule has 1 saturated heterocycles. The van der Waals surface area contributed by atoms with Crippen LogP contribution in [0.5, 0.6) is 0 Å². The van der Waals surface area contributed by atoms with Crippen molar-refractivity contribution in [3.05, 3.63) is 11.6 Å². The molecule has 1 fully saturated rings. The molecule has 0 unspecified atom stereocenters. The maximum atomic E-state index is 12.3. The number of epoxide rings is 1. The molecule has 1 aliphatic rings. The molecule has 0 amide bonds. The minimum atomic E-state index is -1.29. The molecule has 0 aromatic heterocycles. The topological polar surface area (TPSA) is 65.1 Å². The molecule has 0 radical (unpaired) electrons. The molecule has 0 aliphatic carbocycles. The molecule has 0 saturated carbocycles. The number of ether oxygens (including phenoxy) is 3. The van der Waals surface area contributed by atoms with E-state index in [1.54, 1.807) is 13.8 Å². The van der Waals surface area contributed by atoms with E-state index in [-0.39, 0.29) is 25.7 Å². The molecular formula is C15H24O5. The van der Waals surface area contributed by atoms with Crippen molar-refractivity contribution in [3.63, 3.8) is 0 Å². The Kier molecular flexibility index (Phi) is 6.20. The zero-order chi connectivity index (χ0) is 15.2. The number of esters is 2. The third kappa shape index (κ3) is 4.34. The Hall–Kier alpha value is -1.36. The Labute approximate surface area is 120 Å². The summed E-state index contributed by atoms with van der Waals surface area (Å²) in [6.07, 6.45) is 2.41. The second-order valence-corrected chi connectivity index (χ2v) is 5.17. The quantitative estimate of drug-likeness (QED) is 0.296. The number of rotatable bonds is 8. The van der Waals surface area contributed by atoms with Crippen LogP contribution < -0.4 is 0 Å². The second-order valence-electron chi connectivity index (χ2n) is 5.17.